The zero-order chi connectivity index (χ0) is 24.3. The molecule has 2 aliphatic rings. The monoisotopic (exact) mass is 489 g/mol. The third kappa shape index (κ3) is 5.02. The first-order valence-electron chi connectivity index (χ1n) is 11.6. The topological polar surface area (TPSA) is 117 Å². The number of benzene rings is 1. The van der Waals surface area contributed by atoms with Crippen molar-refractivity contribution in [1.82, 2.24) is 15.1 Å². The number of fused-ring (bicyclic) bond motifs is 1. The Morgan fingerprint density at radius 2 is 2.00 bits per heavy atom. The minimum absolute atomic E-state index is 0.0318. The van der Waals surface area contributed by atoms with Gasteiger partial charge in [-0.1, -0.05) is 19.1 Å². The minimum Gasteiger partial charge on any atom is -0.462 e. The average molecular weight is 490 g/mol. The molecule has 34 heavy (non-hydrogen) atoms. The third-order valence-corrected chi connectivity index (χ3v) is 7.82. The number of carbonyl (C=O) groups excluding carboxylic acids is 2. The first-order valence-corrected chi connectivity index (χ1v) is 13.5. The van der Waals surface area contributed by atoms with Crippen LogP contribution in [0.25, 0.3) is 0 Å². The summed E-state index contributed by atoms with van der Waals surface area (Å²) in [5.74, 6) is -0.750. The van der Waals surface area contributed by atoms with Crippen molar-refractivity contribution < 1.29 is 27.5 Å². The van der Waals surface area contributed by atoms with Gasteiger partial charge >= 0.3 is 5.97 Å². The molecule has 1 spiro atoms. The molecule has 1 saturated heterocycles. The maximum absolute atomic E-state index is 12.9. The summed E-state index contributed by atoms with van der Waals surface area (Å²) in [6.45, 7) is 4.58. The van der Waals surface area contributed by atoms with Gasteiger partial charge in [0.05, 0.1) is 34.0 Å². The summed E-state index contributed by atoms with van der Waals surface area (Å²) in [7, 11) is -3.55. The summed E-state index contributed by atoms with van der Waals surface area (Å²) in [5, 5.41) is 7.81. The van der Waals surface area contributed by atoms with Gasteiger partial charge in [0, 0.05) is 39.0 Å². The van der Waals surface area contributed by atoms with Gasteiger partial charge in [0.2, 0.25) is 0 Å². The molecule has 9 nitrogen and oxygen atoms in total. The van der Waals surface area contributed by atoms with Crippen LogP contribution in [-0.2, 0) is 38.7 Å². The molecule has 1 aromatic carbocycles. The lowest BCUT2D eigenvalue weighted by molar-refractivity contribution is 0.0152. The van der Waals surface area contributed by atoms with Crippen molar-refractivity contribution in [2.75, 3.05) is 32.6 Å². The summed E-state index contributed by atoms with van der Waals surface area (Å²) >= 11 is 0. The van der Waals surface area contributed by atoms with E-state index in [1.54, 1.807) is 12.1 Å². The zero-order valence-corrected chi connectivity index (χ0v) is 20.4. The molecular formula is C24H31N3O6S. The quantitative estimate of drug-likeness (QED) is 0.468. The number of aryl methyl sites for hydroxylation is 2. The number of hydrogen-bond acceptors (Lipinski definition) is 7. The molecule has 1 fully saturated rings. The van der Waals surface area contributed by atoms with Crippen LogP contribution in [0, 0.1) is 5.41 Å². The minimum atomic E-state index is -3.55. The third-order valence-electron chi connectivity index (χ3n) is 6.67. The van der Waals surface area contributed by atoms with Gasteiger partial charge in [0.15, 0.2) is 9.84 Å². The molecule has 0 unspecified atom stereocenters. The van der Waals surface area contributed by atoms with Crippen LogP contribution in [-0.4, -0.2) is 62.7 Å². The van der Waals surface area contributed by atoms with E-state index in [1.165, 1.54) is 12.1 Å². The molecular weight excluding hydrogens is 458 g/mol. The predicted octanol–water partition coefficient (Wildman–Crippen LogP) is 2.18. The van der Waals surface area contributed by atoms with Gasteiger partial charge in [-0.2, -0.15) is 5.10 Å². The van der Waals surface area contributed by atoms with Crippen molar-refractivity contribution in [3.05, 3.63) is 46.8 Å². The lowest BCUT2D eigenvalue weighted by atomic mass is 9.76. The molecule has 1 aromatic heterocycles. The number of aromatic nitrogens is 2. The van der Waals surface area contributed by atoms with Gasteiger partial charge in [0.25, 0.3) is 5.91 Å². The number of hydrogen-bond donors (Lipinski definition) is 1. The number of ether oxygens (including phenoxy) is 2. The van der Waals surface area contributed by atoms with E-state index in [2.05, 4.69) is 5.32 Å². The fraction of sp³-hybridized carbons (Fsp3) is 0.542. The van der Waals surface area contributed by atoms with Crippen LogP contribution in [0.3, 0.4) is 0 Å². The van der Waals surface area contributed by atoms with Crippen LogP contribution in [0.15, 0.2) is 29.2 Å². The van der Waals surface area contributed by atoms with Crippen LogP contribution in [0.1, 0.15) is 58.3 Å². The van der Waals surface area contributed by atoms with Gasteiger partial charge in [0.1, 0.15) is 0 Å². The van der Waals surface area contributed by atoms with E-state index < -0.39 is 15.8 Å². The molecule has 0 aliphatic carbocycles. The van der Waals surface area contributed by atoms with Crippen LogP contribution < -0.4 is 5.32 Å². The molecule has 184 valence electrons. The van der Waals surface area contributed by atoms with Crippen molar-refractivity contribution in [1.29, 1.82) is 0 Å². The highest BCUT2D eigenvalue weighted by Gasteiger charge is 2.39. The molecule has 0 atom stereocenters. The Morgan fingerprint density at radius 3 is 2.71 bits per heavy atom. The fourth-order valence-corrected chi connectivity index (χ4v) is 5.65. The fourth-order valence-electron chi connectivity index (χ4n) is 4.77. The number of esters is 1. The molecule has 4 rings (SSSR count). The highest BCUT2D eigenvalue weighted by Crippen LogP contribution is 2.37. The molecule has 10 heteroatoms. The highest BCUT2D eigenvalue weighted by molar-refractivity contribution is 7.90. The summed E-state index contributed by atoms with van der Waals surface area (Å²) in [4.78, 5) is 25.4. The maximum atomic E-state index is 12.9. The number of rotatable bonds is 7. The van der Waals surface area contributed by atoms with Gasteiger partial charge in [-0.25, -0.2) is 13.2 Å². The Hall–Kier alpha value is -2.72. The largest absolute Gasteiger partial charge is 0.462 e. The van der Waals surface area contributed by atoms with Crippen molar-refractivity contribution in [2.45, 2.75) is 50.5 Å². The Kier molecular flexibility index (Phi) is 7.09. The van der Waals surface area contributed by atoms with E-state index in [4.69, 9.17) is 14.6 Å². The van der Waals surface area contributed by atoms with Crippen LogP contribution in [0.2, 0.25) is 0 Å². The van der Waals surface area contributed by atoms with Crippen molar-refractivity contribution in [3.63, 3.8) is 0 Å². The van der Waals surface area contributed by atoms with Crippen LogP contribution in [0.4, 0.5) is 0 Å². The van der Waals surface area contributed by atoms with Crippen LogP contribution >= 0.6 is 0 Å². The summed E-state index contributed by atoms with van der Waals surface area (Å²) < 4.78 is 36.7. The highest BCUT2D eigenvalue weighted by atomic mass is 32.2. The first-order chi connectivity index (χ1) is 16.2. The lowest BCUT2D eigenvalue weighted by Crippen LogP contribution is -2.40. The Bertz CT molecular complexity index is 1180. The van der Waals surface area contributed by atoms with Crippen molar-refractivity contribution in [3.8, 4) is 0 Å². The van der Waals surface area contributed by atoms with E-state index >= 15 is 0 Å². The normalized spacial score (nSPS) is 17.6. The van der Waals surface area contributed by atoms with Gasteiger partial charge in [-0.15, -0.1) is 0 Å². The number of nitrogens with zero attached hydrogens (tertiary/aromatic N) is 2. The second-order valence-corrected chi connectivity index (χ2v) is 11.1. The number of amides is 1. The standard InChI is InChI=1S/C24H31N3O6S/c1-3-18-21-19(15-24(16-25-22(21)28)9-13-32-14-10-24)27(26-18)11-6-12-33-23(29)17-7-4-5-8-20(17)34(2,30)31/h4-5,7-8H,3,6,9-16H2,1-2H3,(H,25,28). The number of sulfone groups is 1. The summed E-state index contributed by atoms with van der Waals surface area (Å²) in [6, 6.07) is 6.02. The lowest BCUT2D eigenvalue weighted by Gasteiger charge is -2.36. The van der Waals surface area contributed by atoms with E-state index in [-0.39, 0.29) is 28.4 Å². The Labute approximate surface area is 199 Å². The van der Waals surface area contributed by atoms with E-state index in [1.807, 2.05) is 11.6 Å². The zero-order valence-electron chi connectivity index (χ0n) is 19.6. The number of nitrogens with one attached hydrogen (secondary N) is 1. The molecule has 1 N–H and O–H groups in total. The van der Waals surface area contributed by atoms with Crippen LogP contribution in [0.5, 0.6) is 0 Å². The molecule has 1 amide bonds. The molecule has 3 heterocycles. The number of carbonyl (C=O) groups is 2. The van der Waals surface area contributed by atoms with Gasteiger partial charge in [-0.05, 0) is 43.2 Å². The maximum Gasteiger partial charge on any atom is 0.339 e. The van der Waals surface area contributed by atoms with Gasteiger partial charge < -0.3 is 14.8 Å². The van der Waals surface area contributed by atoms with E-state index in [9.17, 15) is 18.0 Å². The van der Waals surface area contributed by atoms with Gasteiger partial charge in [-0.3, -0.25) is 9.48 Å². The Balaban J connectivity index is 1.47. The van der Waals surface area contributed by atoms with E-state index in [0.717, 1.165) is 36.9 Å². The molecule has 0 bridgehead atoms. The average Bonchev–Trinajstić information content (AvgIpc) is 3.10. The van der Waals surface area contributed by atoms with Crippen molar-refractivity contribution >= 4 is 21.7 Å². The molecule has 0 saturated carbocycles. The first kappa shape index (κ1) is 24.4. The summed E-state index contributed by atoms with van der Waals surface area (Å²) in [5.41, 5.74) is 2.37. The molecule has 2 aromatic rings. The Morgan fingerprint density at radius 1 is 1.26 bits per heavy atom. The predicted molar refractivity (Wildman–Crippen MR) is 125 cm³/mol. The second kappa shape index (κ2) is 9.87. The van der Waals surface area contributed by atoms with E-state index in [0.29, 0.717) is 44.7 Å². The SMILES string of the molecule is CCc1nn(CCCOC(=O)c2ccccc2S(C)(=O)=O)c2c1C(=O)NCC1(CCOCC1)C2. The summed E-state index contributed by atoms with van der Waals surface area (Å²) in [6.07, 6.45) is 4.72. The molecule has 0 radical (unpaired) electrons. The molecule has 2 aliphatic heterocycles. The second-order valence-electron chi connectivity index (χ2n) is 9.07. The van der Waals surface area contributed by atoms with Crippen molar-refractivity contribution in [2.24, 2.45) is 5.41 Å². The smallest absolute Gasteiger partial charge is 0.339 e.